The van der Waals surface area contributed by atoms with E-state index in [0.717, 1.165) is 48.9 Å². The molecule has 0 aliphatic rings. The summed E-state index contributed by atoms with van der Waals surface area (Å²) >= 11 is 0. The van der Waals surface area contributed by atoms with Crippen molar-refractivity contribution in [2.45, 2.75) is 44.9 Å². The third-order valence-electron chi connectivity index (χ3n) is 5.94. The Hall–Kier alpha value is -4.27. The quantitative estimate of drug-likeness (QED) is 0.119. The second kappa shape index (κ2) is 11.7. The van der Waals surface area contributed by atoms with Crippen LogP contribution in [-0.4, -0.2) is 16.1 Å². The standard InChI is InChI=1S/C29H19F9N2O/c1-2-3-4-5-16-14-39-27(40-15-16)18-12-23(31)25(24(32)13-18)29(37,38)41-19-6-7-20-17(10-19)11-22(30)21(26(20)33)8-9-28(34,35)36/h6-7,10-15H,2-5H2,1H3. The summed E-state index contributed by atoms with van der Waals surface area (Å²) in [5.74, 6) is -4.98. The summed E-state index contributed by atoms with van der Waals surface area (Å²) in [6, 6.07) is 4.14. The molecule has 3 aromatic carbocycles. The van der Waals surface area contributed by atoms with E-state index < -0.39 is 57.8 Å². The van der Waals surface area contributed by atoms with E-state index in [1.54, 1.807) is 0 Å². The lowest BCUT2D eigenvalue weighted by Crippen LogP contribution is -2.25. The van der Waals surface area contributed by atoms with E-state index in [4.69, 9.17) is 0 Å². The van der Waals surface area contributed by atoms with Gasteiger partial charge in [-0.05, 0) is 60.2 Å². The van der Waals surface area contributed by atoms with Crippen LogP contribution in [0.4, 0.5) is 39.5 Å². The first kappa shape index (κ1) is 29.7. The summed E-state index contributed by atoms with van der Waals surface area (Å²) in [7, 11) is 0. The van der Waals surface area contributed by atoms with Gasteiger partial charge in [0.1, 0.15) is 34.6 Å². The molecule has 4 aromatic rings. The highest BCUT2D eigenvalue weighted by atomic mass is 19.4. The van der Waals surface area contributed by atoms with Gasteiger partial charge in [-0.2, -0.15) is 22.0 Å². The Morgan fingerprint density at radius 1 is 0.829 bits per heavy atom. The van der Waals surface area contributed by atoms with Crippen molar-refractivity contribution >= 4 is 10.8 Å². The minimum atomic E-state index is -5.01. The van der Waals surface area contributed by atoms with Crippen molar-refractivity contribution in [2.24, 2.45) is 0 Å². The Morgan fingerprint density at radius 2 is 1.49 bits per heavy atom. The fourth-order valence-corrected chi connectivity index (χ4v) is 4.01. The van der Waals surface area contributed by atoms with Crippen molar-refractivity contribution in [2.75, 3.05) is 0 Å². The number of fused-ring (bicyclic) bond motifs is 1. The van der Waals surface area contributed by atoms with Gasteiger partial charge in [-0.15, -0.1) is 0 Å². The van der Waals surface area contributed by atoms with Crippen LogP contribution in [0.25, 0.3) is 22.2 Å². The second-order valence-electron chi connectivity index (χ2n) is 8.98. The van der Waals surface area contributed by atoms with Crippen LogP contribution in [0.15, 0.2) is 48.8 Å². The topological polar surface area (TPSA) is 35.0 Å². The van der Waals surface area contributed by atoms with Crippen molar-refractivity contribution in [3.05, 3.63) is 88.8 Å². The summed E-state index contributed by atoms with van der Waals surface area (Å²) in [6.45, 7) is 2.05. The maximum absolute atomic E-state index is 14.9. The molecule has 1 aromatic heterocycles. The molecule has 0 N–H and O–H groups in total. The van der Waals surface area contributed by atoms with Crippen LogP contribution in [0, 0.1) is 35.1 Å². The van der Waals surface area contributed by atoms with Crippen LogP contribution in [0.1, 0.15) is 42.9 Å². The number of nitrogens with zero attached hydrogens (tertiary/aromatic N) is 2. The number of rotatable bonds is 8. The lowest BCUT2D eigenvalue weighted by atomic mass is 10.0. The summed E-state index contributed by atoms with van der Waals surface area (Å²) in [5, 5.41) is -0.830. The van der Waals surface area contributed by atoms with Crippen LogP contribution in [0.3, 0.4) is 0 Å². The third kappa shape index (κ3) is 6.90. The molecule has 0 amide bonds. The number of hydrogen-bond acceptors (Lipinski definition) is 3. The molecule has 0 fully saturated rings. The van der Waals surface area contributed by atoms with Crippen molar-refractivity contribution in [1.82, 2.24) is 9.97 Å². The molecule has 0 saturated heterocycles. The highest BCUT2D eigenvalue weighted by Gasteiger charge is 2.41. The number of unbranched alkanes of at least 4 members (excludes halogenated alkanes) is 2. The van der Waals surface area contributed by atoms with Crippen molar-refractivity contribution in [3.8, 4) is 29.0 Å². The van der Waals surface area contributed by atoms with Gasteiger partial charge in [0.15, 0.2) is 5.82 Å². The van der Waals surface area contributed by atoms with E-state index >= 15 is 0 Å². The first-order chi connectivity index (χ1) is 19.3. The van der Waals surface area contributed by atoms with Gasteiger partial charge < -0.3 is 4.74 Å². The smallest absolute Gasteiger partial charge is 0.429 e. The number of ether oxygens (including phenoxy) is 1. The zero-order valence-electron chi connectivity index (χ0n) is 21.2. The van der Waals surface area contributed by atoms with Crippen molar-refractivity contribution < 1.29 is 44.3 Å². The molecule has 4 rings (SSSR count). The number of hydrogen-bond donors (Lipinski definition) is 0. The van der Waals surface area contributed by atoms with Gasteiger partial charge in [0.05, 0.1) is 5.56 Å². The van der Waals surface area contributed by atoms with E-state index in [9.17, 15) is 39.5 Å². The molecule has 0 aliphatic carbocycles. The van der Waals surface area contributed by atoms with E-state index in [1.165, 1.54) is 18.3 Å². The first-order valence-corrected chi connectivity index (χ1v) is 12.2. The lowest BCUT2D eigenvalue weighted by molar-refractivity contribution is -0.189. The molecular weight excluding hydrogens is 563 g/mol. The number of alkyl halides is 5. The molecule has 3 nitrogen and oxygen atoms in total. The molecule has 0 unspecified atom stereocenters. The average Bonchev–Trinajstić information content (AvgIpc) is 2.87. The normalized spacial score (nSPS) is 11.9. The molecule has 12 heteroatoms. The van der Waals surface area contributed by atoms with Crippen LogP contribution in [0.2, 0.25) is 0 Å². The minimum absolute atomic E-state index is 0.0873. The number of aryl methyl sites for hydroxylation is 1. The fraction of sp³-hybridized carbons (Fsp3) is 0.241. The molecule has 0 aliphatic heterocycles. The SMILES string of the molecule is CCCCCc1cnc(-c2cc(F)c(C(F)(F)Oc3ccc4c(F)c(C#CC(F)(F)F)c(F)cc4c3)c(F)c2)nc1. The maximum atomic E-state index is 14.9. The molecule has 41 heavy (non-hydrogen) atoms. The number of benzene rings is 3. The van der Waals surface area contributed by atoms with E-state index in [2.05, 4.69) is 14.7 Å². The fourth-order valence-electron chi connectivity index (χ4n) is 4.01. The van der Waals surface area contributed by atoms with E-state index in [1.807, 2.05) is 6.92 Å². The Labute approximate surface area is 228 Å². The summed E-state index contributed by atoms with van der Waals surface area (Å²) in [4.78, 5) is 8.11. The molecule has 0 saturated carbocycles. The second-order valence-corrected chi connectivity index (χ2v) is 8.98. The third-order valence-corrected chi connectivity index (χ3v) is 5.94. The zero-order valence-corrected chi connectivity index (χ0v) is 21.2. The van der Waals surface area contributed by atoms with Crippen LogP contribution < -0.4 is 4.74 Å². The van der Waals surface area contributed by atoms with Gasteiger partial charge in [0, 0.05) is 29.3 Å². The van der Waals surface area contributed by atoms with Gasteiger partial charge >= 0.3 is 12.3 Å². The largest absolute Gasteiger partial charge is 0.458 e. The van der Waals surface area contributed by atoms with Gasteiger partial charge in [0.25, 0.3) is 0 Å². The molecule has 0 radical (unpaired) electrons. The maximum Gasteiger partial charge on any atom is 0.458 e. The Balaban J connectivity index is 1.60. The number of aromatic nitrogens is 2. The molecule has 0 bridgehead atoms. The molecular formula is C29H19F9N2O. The Kier molecular flexibility index (Phi) is 8.47. The van der Waals surface area contributed by atoms with Crippen LogP contribution in [-0.2, 0) is 12.5 Å². The molecule has 0 atom stereocenters. The predicted octanol–water partition coefficient (Wildman–Crippen LogP) is 8.63. The molecule has 214 valence electrons. The molecule has 1 heterocycles. The first-order valence-electron chi connectivity index (χ1n) is 12.2. The predicted molar refractivity (Wildman–Crippen MR) is 132 cm³/mol. The minimum Gasteiger partial charge on any atom is -0.429 e. The van der Waals surface area contributed by atoms with Crippen LogP contribution in [0.5, 0.6) is 5.75 Å². The van der Waals surface area contributed by atoms with Gasteiger partial charge in [-0.1, -0.05) is 25.7 Å². The zero-order chi connectivity index (χ0) is 29.9. The Bertz CT molecular complexity index is 1620. The van der Waals surface area contributed by atoms with Crippen molar-refractivity contribution in [3.63, 3.8) is 0 Å². The summed E-state index contributed by atoms with van der Waals surface area (Å²) in [6.07, 6.45) is -2.99. The number of halogens is 9. The molecule has 0 spiro atoms. The monoisotopic (exact) mass is 582 g/mol. The van der Waals surface area contributed by atoms with Crippen molar-refractivity contribution in [1.29, 1.82) is 0 Å². The van der Waals surface area contributed by atoms with Gasteiger partial charge in [-0.3, -0.25) is 0 Å². The average molecular weight is 582 g/mol. The lowest BCUT2D eigenvalue weighted by Gasteiger charge is -2.20. The van der Waals surface area contributed by atoms with E-state index in [-0.39, 0.29) is 16.8 Å². The Morgan fingerprint density at radius 3 is 2.10 bits per heavy atom. The highest BCUT2D eigenvalue weighted by molar-refractivity contribution is 5.86. The van der Waals surface area contributed by atoms with E-state index in [0.29, 0.717) is 24.6 Å². The summed E-state index contributed by atoms with van der Waals surface area (Å²) in [5.41, 5.74) is -2.29. The summed E-state index contributed by atoms with van der Waals surface area (Å²) < 4.78 is 130. The van der Waals surface area contributed by atoms with Gasteiger partial charge in [0.2, 0.25) is 0 Å². The van der Waals surface area contributed by atoms with Crippen LogP contribution >= 0.6 is 0 Å². The highest BCUT2D eigenvalue weighted by Crippen LogP contribution is 2.38. The van der Waals surface area contributed by atoms with Gasteiger partial charge in [-0.25, -0.2) is 27.5 Å².